The zero-order chi connectivity index (χ0) is 30.6. The van der Waals surface area contributed by atoms with Gasteiger partial charge in [0, 0.05) is 13.0 Å². The van der Waals surface area contributed by atoms with Crippen molar-refractivity contribution in [1.29, 1.82) is 0 Å². The molecule has 0 bridgehead atoms. The first-order valence-electron chi connectivity index (χ1n) is 18.4. The van der Waals surface area contributed by atoms with Crippen LogP contribution in [0.15, 0.2) is 24.3 Å². The Morgan fingerprint density at radius 1 is 0.571 bits per heavy atom. The van der Waals surface area contributed by atoms with Crippen molar-refractivity contribution in [2.24, 2.45) is 0 Å². The fourth-order valence-electron chi connectivity index (χ4n) is 5.24. The van der Waals surface area contributed by atoms with Crippen LogP contribution in [0.5, 0.6) is 0 Å². The SMILES string of the molecule is CCCCCCC/C=C\C/C=C\CCCCCCCCCCCCCC(=O)OC(CO)COCCCCCCCCC. The Morgan fingerprint density at radius 3 is 1.48 bits per heavy atom. The van der Waals surface area contributed by atoms with E-state index in [1.54, 1.807) is 0 Å². The molecule has 0 aromatic rings. The molecule has 0 rings (SSSR count). The summed E-state index contributed by atoms with van der Waals surface area (Å²) in [4.78, 5) is 12.1. The number of carbonyl (C=O) groups is 1. The Balaban J connectivity index is 3.39. The minimum absolute atomic E-state index is 0.170. The molecule has 0 heterocycles. The number of rotatable bonds is 34. The molecule has 248 valence electrons. The van der Waals surface area contributed by atoms with Crippen LogP contribution in [0.3, 0.4) is 0 Å². The molecule has 0 aliphatic carbocycles. The Bertz CT molecular complexity index is 586. The van der Waals surface area contributed by atoms with Gasteiger partial charge < -0.3 is 14.6 Å². The summed E-state index contributed by atoms with van der Waals surface area (Å²) in [5.41, 5.74) is 0. The normalized spacial score (nSPS) is 12.5. The van der Waals surface area contributed by atoms with Crippen LogP contribution in [0.25, 0.3) is 0 Å². The minimum Gasteiger partial charge on any atom is -0.457 e. The molecule has 0 spiro atoms. The van der Waals surface area contributed by atoms with E-state index in [0.717, 1.165) is 25.7 Å². The maximum absolute atomic E-state index is 12.1. The zero-order valence-corrected chi connectivity index (χ0v) is 28.3. The van der Waals surface area contributed by atoms with Crippen molar-refractivity contribution in [3.05, 3.63) is 24.3 Å². The van der Waals surface area contributed by atoms with Crippen molar-refractivity contribution in [3.8, 4) is 0 Å². The lowest BCUT2D eigenvalue weighted by atomic mass is 10.0. The van der Waals surface area contributed by atoms with E-state index in [1.165, 1.54) is 141 Å². The quantitative estimate of drug-likeness (QED) is 0.0459. The second-order valence-electron chi connectivity index (χ2n) is 12.3. The second kappa shape index (κ2) is 36.1. The summed E-state index contributed by atoms with van der Waals surface area (Å²) in [6.07, 6.45) is 42.3. The first kappa shape index (κ1) is 40.9. The molecule has 0 aliphatic heterocycles. The molecule has 0 saturated carbocycles. The third-order valence-corrected chi connectivity index (χ3v) is 8.03. The molecule has 0 saturated heterocycles. The van der Waals surface area contributed by atoms with E-state index in [1.807, 2.05) is 0 Å². The van der Waals surface area contributed by atoms with Crippen LogP contribution < -0.4 is 0 Å². The van der Waals surface area contributed by atoms with E-state index in [-0.39, 0.29) is 12.6 Å². The van der Waals surface area contributed by atoms with Gasteiger partial charge >= 0.3 is 5.97 Å². The molecule has 0 fully saturated rings. The maximum atomic E-state index is 12.1. The van der Waals surface area contributed by atoms with Crippen molar-refractivity contribution in [3.63, 3.8) is 0 Å². The number of hydrogen-bond donors (Lipinski definition) is 1. The molecular weight excluding hydrogens is 520 g/mol. The largest absolute Gasteiger partial charge is 0.457 e. The number of carbonyl (C=O) groups excluding carboxylic acids is 1. The molecule has 0 aliphatic rings. The van der Waals surface area contributed by atoms with Crippen molar-refractivity contribution in [2.45, 2.75) is 193 Å². The number of allylic oxidation sites excluding steroid dienone is 4. The molecule has 0 amide bonds. The summed E-state index contributed by atoms with van der Waals surface area (Å²) in [7, 11) is 0. The summed E-state index contributed by atoms with van der Waals surface area (Å²) >= 11 is 0. The van der Waals surface area contributed by atoms with Crippen LogP contribution in [0, 0.1) is 0 Å². The number of aliphatic hydroxyl groups excluding tert-OH is 1. The molecule has 1 unspecified atom stereocenters. The van der Waals surface area contributed by atoms with Crippen molar-refractivity contribution in [2.75, 3.05) is 19.8 Å². The third kappa shape index (κ3) is 33.4. The van der Waals surface area contributed by atoms with Crippen LogP contribution in [0.4, 0.5) is 0 Å². The van der Waals surface area contributed by atoms with E-state index in [4.69, 9.17) is 9.47 Å². The van der Waals surface area contributed by atoms with Gasteiger partial charge in [0.05, 0.1) is 13.2 Å². The van der Waals surface area contributed by atoms with Gasteiger partial charge in [-0.05, 0) is 44.9 Å². The molecular formula is C38H72O4. The van der Waals surface area contributed by atoms with Gasteiger partial charge in [0.2, 0.25) is 0 Å². The minimum atomic E-state index is -0.527. The lowest BCUT2D eigenvalue weighted by Crippen LogP contribution is -2.27. The number of unbranched alkanes of at least 4 members (excludes halogenated alkanes) is 22. The zero-order valence-electron chi connectivity index (χ0n) is 28.3. The topological polar surface area (TPSA) is 55.8 Å². The van der Waals surface area contributed by atoms with Crippen LogP contribution in [0.1, 0.15) is 187 Å². The van der Waals surface area contributed by atoms with Gasteiger partial charge in [-0.1, -0.05) is 160 Å². The molecule has 0 radical (unpaired) electrons. The highest BCUT2D eigenvalue weighted by Gasteiger charge is 2.13. The highest BCUT2D eigenvalue weighted by atomic mass is 16.6. The van der Waals surface area contributed by atoms with Gasteiger partial charge in [0.15, 0.2) is 0 Å². The monoisotopic (exact) mass is 593 g/mol. The Hall–Kier alpha value is -1.13. The summed E-state index contributed by atoms with van der Waals surface area (Å²) in [5, 5.41) is 9.49. The van der Waals surface area contributed by atoms with E-state index in [9.17, 15) is 9.90 Å². The number of esters is 1. The fourth-order valence-corrected chi connectivity index (χ4v) is 5.24. The first-order chi connectivity index (χ1) is 20.7. The number of aliphatic hydroxyl groups is 1. The molecule has 0 aromatic heterocycles. The van der Waals surface area contributed by atoms with Crippen LogP contribution in [-0.4, -0.2) is 37.0 Å². The Morgan fingerprint density at radius 2 is 1.00 bits per heavy atom. The van der Waals surface area contributed by atoms with Gasteiger partial charge in [0.25, 0.3) is 0 Å². The fraction of sp³-hybridized carbons (Fsp3) is 0.868. The number of hydrogen-bond acceptors (Lipinski definition) is 4. The van der Waals surface area contributed by atoms with Gasteiger partial charge in [-0.15, -0.1) is 0 Å². The molecule has 4 nitrogen and oxygen atoms in total. The average molecular weight is 593 g/mol. The smallest absolute Gasteiger partial charge is 0.306 e. The second-order valence-corrected chi connectivity index (χ2v) is 12.3. The van der Waals surface area contributed by atoms with Crippen LogP contribution >= 0.6 is 0 Å². The molecule has 0 aromatic carbocycles. The third-order valence-electron chi connectivity index (χ3n) is 8.03. The Labute approximate surface area is 262 Å². The summed E-state index contributed by atoms with van der Waals surface area (Å²) in [6, 6.07) is 0. The van der Waals surface area contributed by atoms with E-state index < -0.39 is 6.10 Å². The van der Waals surface area contributed by atoms with Crippen LogP contribution in [-0.2, 0) is 14.3 Å². The summed E-state index contributed by atoms with van der Waals surface area (Å²) in [6.45, 7) is 5.31. The van der Waals surface area contributed by atoms with E-state index in [2.05, 4.69) is 38.2 Å². The molecule has 4 heteroatoms. The predicted molar refractivity (Wildman–Crippen MR) is 182 cm³/mol. The van der Waals surface area contributed by atoms with Crippen molar-refractivity contribution >= 4 is 5.97 Å². The van der Waals surface area contributed by atoms with Crippen molar-refractivity contribution in [1.82, 2.24) is 0 Å². The van der Waals surface area contributed by atoms with Gasteiger partial charge in [-0.3, -0.25) is 4.79 Å². The predicted octanol–water partition coefficient (Wildman–Crippen LogP) is 11.6. The lowest BCUT2D eigenvalue weighted by Gasteiger charge is -2.15. The molecule has 42 heavy (non-hydrogen) atoms. The van der Waals surface area contributed by atoms with Gasteiger partial charge in [-0.2, -0.15) is 0 Å². The van der Waals surface area contributed by atoms with E-state index >= 15 is 0 Å². The van der Waals surface area contributed by atoms with Crippen molar-refractivity contribution < 1.29 is 19.4 Å². The molecule has 1 atom stereocenters. The van der Waals surface area contributed by atoms with Gasteiger partial charge in [-0.25, -0.2) is 0 Å². The highest BCUT2D eigenvalue weighted by Crippen LogP contribution is 2.14. The summed E-state index contributed by atoms with van der Waals surface area (Å²) in [5.74, 6) is -0.204. The van der Waals surface area contributed by atoms with Crippen LogP contribution in [0.2, 0.25) is 0 Å². The highest BCUT2D eigenvalue weighted by molar-refractivity contribution is 5.69. The standard InChI is InChI=1S/C38H72O4/c1-3-5-7-9-11-12-13-14-15-16-17-18-19-20-21-22-23-24-25-26-27-29-31-33-38(40)42-37(35-39)36-41-34-32-30-28-10-8-6-4-2/h13-14,16-17,37,39H,3-12,15,18-36H2,1-2H3/b14-13-,17-16-. The average Bonchev–Trinajstić information content (AvgIpc) is 3.00. The molecule has 1 N–H and O–H groups in total. The number of ether oxygens (including phenoxy) is 2. The lowest BCUT2D eigenvalue weighted by molar-refractivity contribution is -0.154. The maximum Gasteiger partial charge on any atom is 0.306 e. The summed E-state index contributed by atoms with van der Waals surface area (Å²) < 4.78 is 11.0. The Kier molecular flexibility index (Phi) is 35.1. The van der Waals surface area contributed by atoms with Gasteiger partial charge in [0.1, 0.15) is 6.10 Å². The first-order valence-corrected chi connectivity index (χ1v) is 18.4. The van der Waals surface area contributed by atoms with E-state index in [0.29, 0.717) is 19.6 Å².